The van der Waals surface area contributed by atoms with Gasteiger partial charge in [0.1, 0.15) is 11.3 Å². The Labute approximate surface area is 223 Å². The minimum atomic E-state index is -4.51. The summed E-state index contributed by atoms with van der Waals surface area (Å²) in [7, 11) is 0. The monoisotopic (exact) mass is 529 g/mol. The number of benzene rings is 4. The van der Waals surface area contributed by atoms with E-state index >= 15 is 0 Å². The van der Waals surface area contributed by atoms with Crippen LogP contribution in [0.2, 0.25) is 0 Å². The van der Waals surface area contributed by atoms with Gasteiger partial charge in [-0.2, -0.15) is 18.3 Å². The van der Waals surface area contributed by atoms with Crippen LogP contribution in [0.15, 0.2) is 91.0 Å². The summed E-state index contributed by atoms with van der Waals surface area (Å²) >= 11 is 0. The molecule has 1 heterocycles. The SMILES string of the molecule is CC(=O)Oc1ccc(CNc2ccc(-c3c4cccc(C(F)(F)F)c4nn3Cc3ccccc3)cc2)cc1C. The van der Waals surface area contributed by atoms with Crippen LogP contribution < -0.4 is 10.1 Å². The van der Waals surface area contributed by atoms with Crippen LogP contribution in [-0.4, -0.2) is 15.7 Å². The number of rotatable bonds is 7. The lowest BCUT2D eigenvalue weighted by molar-refractivity contribution is -0.136. The van der Waals surface area contributed by atoms with Gasteiger partial charge in [0.25, 0.3) is 0 Å². The van der Waals surface area contributed by atoms with Gasteiger partial charge >= 0.3 is 12.1 Å². The van der Waals surface area contributed by atoms with Crippen molar-refractivity contribution in [2.45, 2.75) is 33.1 Å². The predicted octanol–water partition coefficient (Wildman–Crippen LogP) is 7.62. The average Bonchev–Trinajstić information content (AvgIpc) is 3.26. The molecule has 0 aliphatic rings. The molecule has 0 fully saturated rings. The second-order valence-electron chi connectivity index (χ2n) is 9.32. The number of ether oxygens (including phenoxy) is 1. The molecular formula is C31H26F3N3O2. The molecule has 0 aliphatic heterocycles. The van der Waals surface area contributed by atoms with Gasteiger partial charge in [0.05, 0.1) is 17.8 Å². The summed E-state index contributed by atoms with van der Waals surface area (Å²) in [6, 6.07) is 26.9. The first-order chi connectivity index (χ1) is 18.7. The molecule has 39 heavy (non-hydrogen) atoms. The van der Waals surface area contributed by atoms with Crippen LogP contribution in [-0.2, 0) is 24.1 Å². The number of carbonyl (C=O) groups excluding carboxylic acids is 1. The maximum Gasteiger partial charge on any atom is 0.418 e. The van der Waals surface area contributed by atoms with Crippen molar-refractivity contribution in [2.24, 2.45) is 0 Å². The van der Waals surface area contributed by atoms with Crippen molar-refractivity contribution in [3.8, 4) is 17.0 Å². The Morgan fingerprint density at radius 2 is 1.67 bits per heavy atom. The molecule has 0 saturated carbocycles. The number of aryl methyl sites for hydroxylation is 1. The van der Waals surface area contributed by atoms with E-state index < -0.39 is 11.7 Å². The van der Waals surface area contributed by atoms with E-state index in [2.05, 4.69) is 10.4 Å². The molecule has 0 aliphatic carbocycles. The van der Waals surface area contributed by atoms with Gasteiger partial charge in [0.15, 0.2) is 0 Å². The summed E-state index contributed by atoms with van der Waals surface area (Å²) in [6.45, 7) is 4.13. The molecule has 0 spiro atoms. The number of halogens is 3. The maximum atomic E-state index is 13.8. The van der Waals surface area contributed by atoms with Gasteiger partial charge in [-0.3, -0.25) is 9.48 Å². The zero-order valence-electron chi connectivity index (χ0n) is 21.4. The van der Waals surface area contributed by atoms with Gasteiger partial charge in [-0.15, -0.1) is 0 Å². The molecule has 1 aromatic heterocycles. The standard InChI is InChI=1S/C31H26F3N3O2/c1-20-17-23(11-16-28(20)39-21(2)38)18-35-25-14-12-24(13-15-25)30-26-9-6-10-27(31(32,33)34)29(26)36-37(30)19-22-7-4-3-5-8-22/h3-17,35H,18-19H2,1-2H3. The molecule has 5 aromatic rings. The van der Waals surface area contributed by atoms with Crippen molar-refractivity contribution in [3.63, 3.8) is 0 Å². The number of hydrogen-bond donors (Lipinski definition) is 1. The highest BCUT2D eigenvalue weighted by Crippen LogP contribution is 2.38. The Kier molecular flexibility index (Phi) is 7.11. The average molecular weight is 530 g/mol. The quantitative estimate of drug-likeness (QED) is 0.174. The van der Waals surface area contributed by atoms with E-state index in [1.165, 1.54) is 13.0 Å². The molecule has 198 valence electrons. The fourth-order valence-corrected chi connectivity index (χ4v) is 4.60. The summed E-state index contributed by atoms with van der Waals surface area (Å²) in [4.78, 5) is 11.2. The van der Waals surface area contributed by atoms with E-state index in [4.69, 9.17) is 4.74 Å². The minimum absolute atomic E-state index is 0.0642. The van der Waals surface area contributed by atoms with Crippen molar-refractivity contribution in [2.75, 3.05) is 5.32 Å². The Bertz CT molecular complexity index is 1630. The second kappa shape index (κ2) is 10.6. The Balaban J connectivity index is 1.44. The molecule has 1 N–H and O–H groups in total. The van der Waals surface area contributed by atoms with Crippen LogP contribution in [0.4, 0.5) is 18.9 Å². The summed E-state index contributed by atoms with van der Waals surface area (Å²) in [5.41, 5.74) is 4.24. The zero-order chi connectivity index (χ0) is 27.6. The number of esters is 1. The highest BCUT2D eigenvalue weighted by atomic mass is 19.4. The molecule has 5 rings (SSSR count). The number of fused-ring (bicyclic) bond motifs is 1. The number of carbonyl (C=O) groups is 1. The smallest absolute Gasteiger partial charge is 0.418 e. The lowest BCUT2D eigenvalue weighted by Crippen LogP contribution is -2.06. The van der Waals surface area contributed by atoms with Crippen LogP contribution in [0, 0.1) is 6.92 Å². The fourth-order valence-electron chi connectivity index (χ4n) is 4.60. The molecule has 0 saturated heterocycles. The number of aromatic nitrogens is 2. The summed E-state index contributed by atoms with van der Waals surface area (Å²) in [6.07, 6.45) is -4.51. The number of nitrogens with zero attached hydrogens (tertiary/aromatic N) is 2. The number of nitrogens with one attached hydrogen (secondary N) is 1. The third-order valence-electron chi connectivity index (χ3n) is 6.40. The van der Waals surface area contributed by atoms with Gasteiger partial charge in [-0.25, -0.2) is 0 Å². The molecule has 0 radical (unpaired) electrons. The summed E-state index contributed by atoms with van der Waals surface area (Å²) < 4.78 is 48.2. The van der Waals surface area contributed by atoms with Crippen LogP contribution in [0.5, 0.6) is 5.75 Å². The van der Waals surface area contributed by atoms with Gasteiger partial charge in [-0.1, -0.05) is 66.7 Å². The van der Waals surface area contributed by atoms with E-state index in [9.17, 15) is 18.0 Å². The third-order valence-corrected chi connectivity index (χ3v) is 6.40. The van der Waals surface area contributed by atoms with Crippen molar-refractivity contribution in [1.82, 2.24) is 9.78 Å². The zero-order valence-corrected chi connectivity index (χ0v) is 21.4. The van der Waals surface area contributed by atoms with Gasteiger partial charge < -0.3 is 10.1 Å². The van der Waals surface area contributed by atoms with E-state index in [1.54, 1.807) is 16.8 Å². The first-order valence-corrected chi connectivity index (χ1v) is 12.4. The molecule has 5 nitrogen and oxygen atoms in total. The summed E-state index contributed by atoms with van der Waals surface area (Å²) in [5, 5.41) is 8.24. The van der Waals surface area contributed by atoms with Crippen molar-refractivity contribution in [3.05, 3.63) is 113 Å². The van der Waals surface area contributed by atoms with E-state index in [0.717, 1.165) is 34.0 Å². The number of alkyl halides is 3. The minimum Gasteiger partial charge on any atom is -0.426 e. The highest BCUT2D eigenvalue weighted by molar-refractivity contribution is 5.95. The van der Waals surface area contributed by atoms with Crippen LogP contribution in [0.1, 0.15) is 29.2 Å². The fraction of sp³-hybridized carbons (Fsp3) is 0.161. The molecule has 4 aromatic carbocycles. The van der Waals surface area contributed by atoms with Crippen molar-refractivity contribution in [1.29, 1.82) is 0 Å². The lowest BCUT2D eigenvalue weighted by atomic mass is 10.0. The molecule has 0 bridgehead atoms. The van der Waals surface area contributed by atoms with Crippen LogP contribution in [0.3, 0.4) is 0 Å². The van der Waals surface area contributed by atoms with Crippen LogP contribution in [0.25, 0.3) is 22.2 Å². The number of anilines is 1. The van der Waals surface area contributed by atoms with E-state index in [0.29, 0.717) is 29.9 Å². The highest BCUT2D eigenvalue weighted by Gasteiger charge is 2.34. The maximum absolute atomic E-state index is 13.8. The number of hydrogen-bond acceptors (Lipinski definition) is 4. The molecule has 0 unspecified atom stereocenters. The lowest BCUT2D eigenvalue weighted by Gasteiger charge is -2.12. The Hall–Kier alpha value is -4.59. The van der Waals surface area contributed by atoms with Gasteiger partial charge in [-0.05, 0) is 47.9 Å². The van der Waals surface area contributed by atoms with E-state index in [-0.39, 0.29) is 11.5 Å². The first kappa shape index (κ1) is 26.0. The van der Waals surface area contributed by atoms with Crippen LogP contribution >= 0.6 is 0 Å². The normalized spacial score (nSPS) is 11.5. The predicted molar refractivity (Wildman–Crippen MR) is 146 cm³/mol. The molecule has 8 heteroatoms. The molecule has 0 amide bonds. The Morgan fingerprint density at radius 1 is 0.923 bits per heavy atom. The van der Waals surface area contributed by atoms with Gasteiger partial charge in [0, 0.05) is 30.1 Å². The van der Waals surface area contributed by atoms with Crippen molar-refractivity contribution >= 4 is 22.6 Å². The second-order valence-corrected chi connectivity index (χ2v) is 9.32. The first-order valence-electron chi connectivity index (χ1n) is 12.4. The van der Waals surface area contributed by atoms with E-state index in [1.807, 2.05) is 73.7 Å². The molecular weight excluding hydrogens is 503 g/mol. The largest absolute Gasteiger partial charge is 0.426 e. The molecule has 0 atom stereocenters. The topological polar surface area (TPSA) is 56.1 Å². The van der Waals surface area contributed by atoms with Crippen molar-refractivity contribution < 1.29 is 22.7 Å². The third kappa shape index (κ3) is 5.80. The Morgan fingerprint density at radius 3 is 2.33 bits per heavy atom. The van der Waals surface area contributed by atoms with Gasteiger partial charge in [0.2, 0.25) is 0 Å². The summed E-state index contributed by atoms with van der Waals surface area (Å²) in [5.74, 6) is 0.167.